The van der Waals surface area contributed by atoms with E-state index in [0.717, 1.165) is 18.4 Å². The lowest BCUT2D eigenvalue weighted by molar-refractivity contribution is 0.120. The predicted octanol–water partition coefficient (Wildman–Crippen LogP) is 3.90. The molecular weight excluding hydrogens is 384 g/mol. The van der Waals surface area contributed by atoms with E-state index in [-0.39, 0.29) is 17.8 Å². The molecule has 0 spiro atoms. The summed E-state index contributed by atoms with van der Waals surface area (Å²) in [5.74, 6) is 0.130. The van der Waals surface area contributed by atoms with Crippen molar-refractivity contribution >= 4 is 9.84 Å². The van der Waals surface area contributed by atoms with E-state index >= 15 is 0 Å². The molecule has 1 aromatic carbocycles. The fraction of sp³-hybridized carbons (Fsp3) is 0.583. The first-order valence-electron chi connectivity index (χ1n) is 10.9. The number of aliphatic hydroxyl groups excluding tert-OH is 2. The van der Waals surface area contributed by atoms with E-state index in [1.54, 1.807) is 24.3 Å². The third-order valence-electron chi connectivity index (χ3n) is 7.36. The van der Waals surface area contributed by atoms with E-state index in [1.807, 2.05) is 18.2 Å². The molecule has 2 N–H and O–H groups in total. The second-order valence-electron chi connectivity index (χ2n) is 9.12. The second kappa shape index (κ2) is 8.37. The fourth-order valence-electron chi connectivity index (χ4n) is 5.89. The van der Waals surface area contributed by atoms with Crippen molar-refractivity contribution in [1.29, 1.82) is 0 Å². The van der Waals surface area contributed by atoms with Crippen LogP contribution in [0.1, 0.15) is 44.9 Å². The van der Waals surface area contributed by atoms with Crippen molar-refractivity contribution in [3.63, 3.8) is 0 Å². The zero-order valence-electron chi connectivity index (χ0n) is 16.9. The Balaban J connectivity index is 1.52. The highest BCUT2D eigenvalue weighted by atomic mass is 32.2. The maximum atomic E-state index is 13.3. The van der Waals surface area contributed by atoms with Crippen LogP contribution in [0.4, 0.5) is 0 Å². The summed E-state index contributed by atoms with van der Waals surface area (Å²) in [6, 6.07) is 8.56. The molecule has 29 heavy (non-hydrogen) atoms. The monoisotopic (exact) mass is 416 g/mol. The van der Waals surface area contributed by atoms with Gasteiger partial charge in [0.15, 0.2) is 9.84 Å². The van der Waals surface area contributed by atoms with Gasteiger partial charge in [-0.15, -0.1) is 0 Å². The number of sulfone groups is 1. The van der Waals surface area contributed by atoms with Crippen LogP contribution in [-0.2, 0) is 9.84 Å². The highest BCUT2D eigenvalue weighted by molar-refractivity contribution is 7.92. The van der Waals surface area contributed by atoms with Crippen LogP contribution in [0.2, 0.25) is 0 Å². The minimum absolute atomic E-state index is 0.0655. The Morgan fingerprint density at radius 3 is 2.45 bits per heavy atom. The minimum atomic E-state index is -3.52. The van der Waals surface area contributed by atoms with Gasteiger partial charge < -0.3 is 10.2 Å². The van der Waals surface area contributed by atoms with Gasteiger partial charge in [-0.05, 0) is 55.6 Å². The normalized spacial score (nSPS) is 34.6. The average molecular weight is 417 g/mol. The first-order chi connectivity index (χ1) is 13.9. The van der Waals surface area contributed by atoms with Gasteiger partial charge in [-0.25, -0.2) is 8.42 Å². The molecule has 1 unspecified atom stereocenters. The smallest absolute Gasteiger partial charge is 0.185 e. The van der Waals surface area contributed by atoms with Gasteiger partial charge in [0.2, 0.25) is 0 Å². The van der Waals surface area contributed by atoms with Crippen molar-refractivity contribution in [2.45, 2.75) is 67.3 Å². The van der Waals surface area contributed by atoms with E-state index in [2.05, 4.69) is 6.58 Å². The summed E-state index contributed by atoms with van der Waals surface area (Å²) < 4.78 is 26.5. The predicted molar refractivity (Wildman–Crippen MR) is 114 cm³/mol. The van der Waals surface area contributed by atoms with Crippen LogP contribution >= 0.6 is 0 Å². The topological polar surface area (TPSA) is 74.6 Å². The Labute approximate surface area is 174 Å². The molecule has 6 atom stereocenters. The lowest BCUT2D eigenvalue weighted by Gasteiger charge is -2.25. The van der Waals surface area contributed by atoms with Gasteiger partial charge >= 0.3 is 0 Å². The van der Waals surface area contributed by atoms with Crippen molar-refractivity contribution in [1.82, 2.24) is 0 Å². The van der Waals surface area contributed by atoms with Gasteiger partial charge in [-0.1, -0.05) is 61.8 Å². The Morgan fingerprint density at radius 1 is 1.07 bits per heavy atom. The molecule has 158 valence electrons. The summed E-state index contributed by atoms with van der Waals surface area (Å²) in [5.41, 5.74) is 0.752. The Hall–Kier alpha value is -1.43. The fourth-order valence-corrected chi connectivity index (χ4v) is 8.03. The quantitative estimate of drug-likeness (QED) is 0.714. The molecule has 3 saturated carbocycles. The number of aliphatic hydroxyl groups is 2. The van der Waals surface area contributed by atoms with Crippen LogP contribution in [0.5, 0.6) is 0 Å². The molecule has 5 heteroatoms. The molecule has 0 saturated heterocycles. The third kappa shape index (κ3) is 3.97. The van der Waals surface area contributed by atoms with Gasteiger partial charge in [0.25, 0.3) is 0 Å². The van der Waals surface area contributed by atoms with Crippen LogP contribution in [-0.4, -0.2) is 36.1 Å². The molecule has 3 aliphatic carbocycles. The number of benzene rings is 1. The number of hydrogen-bond donors (Lipinski definition) is 2. The van der Waals surface area contributed by atoms with E-state index in [0.29, 0.717) is 23.7 Å². The largest absolute Gasteiger partial charge is 0.392 e. The van der Waals surface area contributed by atoms with Crippen molar-refractivity contribution in [2.24, 2.45) is 23.7 Å². The standard InChI is InChI=1S/C24H32O4S/c1-16-14-20-19(12-13-22(25)17-8-4-2-5-9-17)23(26)15-21(20)24(16)29(27,28)18-10-6-3-7-11-18/h3,6-7,10-13,17,19-26H,1-2,4-5,8-9,14-15H2/b13-12+/t19-,20-,21-,22+,23+,24?/m0/s1. The van der Waals surface area contributed by atoms with Crippen molar-refractivity contribution in [3.8, 4) is 0 Å². The molecule has 0 radical (unpaired) electrons. The van der Waals surface area contributed by atoms with E-state index < -0.39 is 27.3 Å². The number of rotatable bonds is 5. The Bertz CT molecular complexity index is 854. The van der Waals surface area contributed by atoms with Crippen LogP contribution in [0.15, 0.2) is 59.5 Å². The molecule has 0 amide bonds. The maximum Gasteiger partial charge on any atom is 0.185 e. The molecule has 4 rings (SSSR count). The molecule has 0 bridgehead atoms. The highest BCUT2D eigenvalue weighted by Crippen LogP contribution is 2.53. The molecule has 4 nitrogen and oxygen atoms in total. The second-order valence-corrected chi connectivity index (χ2v) is 11.2. The Kier molecular flexibility index (Phi) is 6.01. The van der Waals surface area contributed by atoms with Gasteiger partial charge in [-0.2, -0.15) is 0 Å². The van der Waals surface area contributed by atoms with Gasteiger partial charge in [0, 0.05) is 5.92 Å². The molecule has 0 heterocycles. The molecule has 0 aromatic heterocycles. The average Bonchev–Trinajstić information content (AvgIpc) is 3.20. The number of fused-ring (bicyclic) bond motifs is 1. The van der Waals surface area contributed by atoms with Crippen molar-refractivity contribution in [2.75, 3.05) is 0 Å². The number of hydrogen-bond acceptors (Lipinski definition) is 4. The molecule has 1 aromatic rings. The lowest BCUT2D eigenvalue weighted by Crippen LogP contribution is -2.27. The zero-order valence-corrected chi connectivity index (χ0v) is 17.7. The van der Waals surface area contributed by atoms with E-state index in [1.165, 1.54) is 19.3 Å². The van der Waals surface area contributed by atoms with E-state index in [4.69, 9.17) is 0 Å². The molecule has 3 fully saturated rings. The summed E-state index contributed by atoms with van der Waals surface area (Å²) in [6.45, 7) is 4.10. The highest BCUT2D eigenvalue weighted by Gasteiger charge is 2.54. The summed E-state index contributed by atoms with van der Waals surface area (Å²) in [6.07, 6.45) is 9.55. The summed E-state index contributed by atoms with van der Waals surface area (Å²) >= 11 is 0. The van der Waals surface area contributed by atoms with Crippen LogP contribution in [0.25, 0.3) is 0 Å². The van der Waals surface area contributed by atoms with E-state index in [9.17, 15) is 18.6 Å². The van der Waals surface area contributed by atoms with Crippen LogP contribution in [0.3, 0.4) is 0 Å². The summed E-state index contributed by atoms with van der Waals surface area (Å²) in [7, 11) is -3.52. The van der Waals surface area contributed by atoms with Gasteiger partial charge in [0.05, 0.1) is 22.4 Å². The summed E-state index contributed by atoms with van der Waals surface area (Å²) in [4.78, 5) is 0.327. The third-order valence-corrected chi connectivity index (χ3v) is 9.64. The Morgan fingerprint density at radius 2 is 1.76 bits per heavy atom. The van der Waals surface area contributed by atoms with Crippen molar-refractivity contribution < 1.29 is 18.6 Å². The van der Waals surface area contributed by atoms with Crippen LogP contribution < -0.4 is 0 Å². The first-order valence-corrected chi connectivity index (χ1v) is 12.5. The molecule has 0 aliphatic heterocycles. The van der Waals surface area contributed by atoms with Crippen LogP contribution in [0, 0.1) is 23.7 Å². The maximum absolute atomic E-state index is 13.3. The minimum Gasteiger partial charge on any atom is -0.392 e. The zero-order chi connectivity index (χ0) is 20.6. The molecule has 3 aliphatic rings. The lowest BCUT2D eigenvalue weighted by atomic mass is 9.84. The van der Waals surface area contributed by atoms with Gasteiger partial charge in [-0.3, -0.25) is 0 Å². The SMILES string of the molecule is C=C1C[C@H]2[C@H](/C=C/[C@@H](O)C3CCCCC3)[C@H](O)C[C@@H]2C1S(=O)(=O)c1ccccc1. The van der Waals surface area contributed by atoms with Gasteiger partial charge in [0.1, 0.15) is 0 Å². The molecular formula is C24H32O4S. The first kappa shape index (κ1) is 20.8. The van der Waals surface area contributed by atoms with Crippen molar-refractivity contribution in [3.05, 3.63) is 54.6 Å². The summed E-state index contributed by atoms with van der Waals surface area (Å²) in [5, 5.41) is 20.6.